The minimum absolute atomic E-state index is 0.0246. The van der Waals surface area contributed by atoms with Crippen LogP contribution in [0.1, 0.15) is 85.5 Å². The number of hydrogen-bond donors (Lipinski definition) is 4. The molecular weight excluding hydrogens is 440 g/mol. The van der Waals surface area contributed by atoms with E-state index in [9.17, 15) is 15.3 Å². The Kier molecular flexibility index (Phi) is 10.2. The molecule has 5 nitrogen and oxygen atoms in total. The second-order valence-corrected chi connectivity index (χ2v) is 12.2. The fourth-order valence-corrected chi connectivity index (χ4v) is 7.39. The number of aliphatic hydroxyl groups excluding tert-OH is 4. The fraction of sp³-hybridized carbons (Fsp3) is 0.800. The van der Waals surface area contributed by atoms with E-state index in [0.29, 0.717) is 48.7 Å². The van der Waals surface area contributed by atoms with Gasteiger partial charge in [-0.25, -0.2) is 0 Å². The minimum Gasteiger partial charge on any atom is -0.396 e. The van der Waals surface area contributed by atoms with Crippen molar-refractivity contribution in [3.8, 4) is 0 Å². The van der Waals surface area contributed by atoms with Gasteiger partial charge in [0, 0.05) is 19.6 Å². The molecule has 4 N–H and O–H groups in total. The van der Waals surface area contributed by atoms with Gasteiger partial charge >= 0.3 is 0 Å². The summed E-state index contributed by atoms with van der Waals surface area (Å²) in [6.07, 6.45) is 10.3. The monoisotopic (exact) mass is 490 g/mol. The summed E-state index contributed by atoms with van der Waals surface area (Å²) in [7, 11) is 0. The maximum Gasteiger partial charge on any atom is 0.114 e. The lowest BCUT2D eigenvalue weighted by Crippen LogP contribution is -2.45. The quantitative estimate of drug-likeness (QED) is 0.326. The molecule has 200 valence electrons. The van der Waals surface area contributed by atoms with Crippen LogP contribution in [0.5, 0.6) is 0 Å². The lowest BCUT2D eigenvalue weighted by Gasteiger charge is -2.44. The van der Waals surface area contributed by atoms with Crippen molar-refractivity contribution in [2.24, 2.45) is 29.1 Å². The number of fused-ring (bicyclic) bond motifs is 1. The van der Waals surface area contributed by atoms with Gasteiger partial charge in [-0.1, -0.05) is 52.0 Å². The van der Waals surface area contributed by atoms with Crippen LogP contribution in [0.3, 0.4) is 0 Å². The van der Waals surface area contributed by atoms with Gasteiger partial charge in [-0.3, -0.25) is 0 Å². The van der Waals surface area contributed by atoms with Gasteiger partial charge in [0.25, 0.3) is 0 Å². The van der Waals surface area contributed by atoms with E-state index in [0.717, 1.165) is 24.8 Å². The first-order chi connectivity index (χ1) is 16.6. The summed E-state index contributed by atoms with van der Waals surface area (Å²) >= 11 is 0. The van der Waals surface area contributed by atoms with E-state index in [2.05, 4.69) is 46.4 Å². The molecule has 0 aliphatic heterocycles. The summed E-state index contributed by atoms with van der Waals surface area (Å²) in [6, 6.07) is 0. The van der Waals surface area contributed by atoms with Crippen molar-refractivity contribution in [1.29, 1.82) is 0 Å². The molecule has 0 amide bonds. The van der Waals surface area contributed by atoms with E-state index >= 15 is 0 Å². The summed E-state index contributed by atoms with van der Waals surface area (Å²) in [5.74, 6) is 2.23. The SMILES string of the molecule is C=C1/C(=C\C=C2/CCC[C@@]3(C)C2CC[C@@H]3[C@H](C)CC(O)CC(C)C)C[C@@H](O)C(OCCCO)C1O. The van der Waals surface area contributed by atoms with E-state index in [1.165, 1.54) is 31.3 Å². The second kappa shape index (κ2) is 12.5. The molecule has 3 fully saturated rings. The van der Waals surface area contributed by atoms with E-state index < -0.39 is 18.3 Å². The molecule has 0 aromatic heterocycles. The Bertz CT molecular complexity index is 771. The fourth-order valence-electron chi connectivity index (χ4n) is 7.39. The Morgan fingerprint density at radius 2 is 1.89 bits per heavy atom. The second-order valence-electron chi connectivity index (χ2n) is 12.2. The molecular formula is C30H50O5. The van der Waals surface area contributed by atoms with Crippen LogP contribution in [0.15, 0.2) is 35.5 Å². The zero-order valence-electron chi connectivity index (χ0n) is 22.5. The van der Waals surface area contributed by atoms with Crippen molar-refractivity contribution in [3.63, 3.8) is 0 Å². The Balaban J connectivity index is 1.69. The molecule has 35 heavy (non-hydrogen) atoms. The molecule has 0 aromatic carbocycles. The smallest absolute Gasteiger partial charge is 0.114 e. The number of allylic oxidation sites excluding steroid dienone is 3. The summed E-state index contributed by atoms with van der Waals surface area (Å²) in [5, 5.41) is 40.8. The van der Waals surface area contributed by atoms with Gasteiger partial charge in [0.05, 0.1) is 12.2 Å². The molecule has 0 heterocycles. The predicted octanol–water partition coefficient (Wildman–Crippen LogP) is 4.94. The van der Waals surface area contributed by atoms with Crippen molar-refractivity contribution in [2.45, 2.75) is 110 Å². The largest absolute Gasteiger partial charge is 0.396 e. The zero-order chi connectivity index (χ0) is 25.8. The summed E-state index contributed by atoms with van der Waals surface area (Å²) in [6.45, 7) is 13.6. The predicted molar refractivity (Wildman–Crippen MR) is 141 cm³/mol. The third kappa shape index (κ3) is 6.67. The van der Waals surface area contributed by atoms with Crippen LogP contribution < -0.4 is 0 Å². The summed E-state index contributed by atoms with van der Waals surface area (Å²) in [4.78, 5) is 0. The van der Waals surface area contributed by atoms with Crippen LogP contribution in [0.2, 0.25) is 0 Å². The van der Waals surface area contributed by atoms with Crippen LogP contribution in [0, 0.1) is 29.1 Å². The summed E-state index contributed by atoms with van der Waals surface area (Å²) < 4.78 is 5.63. The lowest BCUT2D eigenvalue weighted by molar-refractivity contribution is -0.0968. The molecule has 3 saturated carbocycles. The number of ether oxygens (including phenoxy) is 1. The minimum atomic E-state index is -0.937. The molecule has 4 unspecified atom stereocenters. The topological polar surface area (TPSA) is 90.2 Å². The first-order valence-corrected chi connectivity index (χ1v) is 13.9. The van der Waals surface area contributed by atoms with E-state index in [1.54, 1.807) is 0 Å². The maximum atomic E-state index is 10.7. The van der Waals surface area contributed by atoms with Crippen LogP contribution in [-0.2, 0) is 4.74 Å². The van der Waals surface area contributed by atoms with Gasteiger partial charge in [0.1, 0.15) is 12.2 Å². The number of aliphatic hydroxyl groups is 4. The highest BCUT2D eigenvalue weighted by atomic mass is 16.5. The summed E-state index contributed by atoms with van der Waals surface area (Å²) in [5.41, 5.74) is 3.28. The first kappa shape index (κ1) is 28.6. The van der Waals surface area contributed by atoms with Crippen LogP contribution in [0.25, 0.3) is 0 Å². The molecule has 0 bridgehead atoms. The maximum absolute atomic E-state index is 10.7. The van der Waals surface area contributed by atoms with Crippen molar-refractivity contribution in [1.82, 2.24) is 0 Å². The highest BCUT2D eigenvalue weighted by Gasteiger charge is 2.50. The molecule has 0 aromatic rings. The average molecular weight is 491 g/mol. The van der Waals surface area contributed by atoms with E-state index in [-0.39, 0.29) is 18.1 Å². The normalized spacial score (nSPS) is 37.7. The van der Waals surface area contributed by atoms with Gasteiger partial charge < -0.3 is 25.2 Å². The number of hydrogen-bond acceptors (Lipinski definition) is 5. The standard InChI is InChI=1S/C30H50O5/c1-19(2)16-24(32)17-20(3)25-11-12-26-22(8-6-13-30(25,26)5)9-10-23-18-27(33)29(28(34)21(23)4)35-15-7-14-31/h9-10,19-20,24-29,31-34H,4,6-8,11-18H2,1-3,5H3/b22-9+,23-10-/t20-,24?,25-,26?,27-,28?,29?,30-/m1/s1. The Hall–Kier alpha value is -0.980. The van der Waals surface area contributed by atoms with Gasteiger partial charge in [-0.2, -0.15) is 0 Å². The molecule has 3 aliphatic rings. The number of rotatable bonds is 10. The van der Waals surface area contributed by atoms with Crippen LogP contribution in [-0.4, -0.2) is 58.1 Å². The molecule has 0 radical (unpaired) electrons. The van der Waals surface area contributed by atoms with Gasteiger partial charge in [-0.05, 0) is 91.6 Å². The van der Waals surface area contributed by atoms with Crippen molar-refractivity contribution in [3.05, 3.63) is 35.5 Å². The van der Waals surface area contributed by atoms with Crippen LogP contribution in [0.4, 0.5) is 0 Å². The van der Waals surface area contributed by atoms with Gasteiger partial charge in [0.2, 0.25) is 0 Å². The zero-order valence-corrected chi connectivity index (χ0v) is 22.5. The third-order valence-corrected chi connectivity index (χ3v) is 9.11. The van der Waals surface area contributed by atoms with Crippen molar-refractivity contribution >= 4 is 0 Å². The van der Waals surface area contributed by atoms with E-state index in [1.807, 2.05) is 0 Å². The highest BCUT2D eigenvalue weighted by Crippen LogP contribution is 2.60. The molecule has 3 rings (SSSR count). The molecule has 8 atom stereocenters. The molecule has 3 aliphatic carbocycles. The Morgan fingerprint density at radius 3 is 2.57 bits per heavy atom. The van der Waals surface area contributed by atoms with E-state index in [4.69, 9.17) is 9.84 Å². The lowest BCUT2D eigenvalue weighted by atomic mass is 9.60. The van der Waals surface area contributed by atoms with Gasteiger partial charge in [-0.15, -0.1) is 0 Å². The van der Waals surface area contributed by atoms with Crippen molar-refractivity contribution < 1.29 is 25.2 Å². The average Bonchev–Trinajstić information content (AvgIpc) is 3.14. The molecule has 0 spiro atoms. The Labute approximate surface area is 213 Å². The van der Waals surface area contributed by atoms with Gasteiger partial charge in [0.15, 0.2) is 0 Å². The molecule has 5 heteroatoms. The van der Waals surface area contributed by atoms with Crippen molar-refractivity contribution in [2.75, 3.05) is 13.2 Å². The Morgan fingerprint density at radius 1 is 1.14 bits per heavy atom. The van der Waals surface area contributed by atoms with Crippen LogP contribution >= 0.6 is 0 Å². The molecule has 0 saturated heterocycles. The highest BCUT2D eigenvalue weighted by molar-refractivity contribution is 5.40. The first-order valence-electron chi connectivity index (χ1n) is 13.9. The third-order valence-electron chi connectivity index (χ3n) is 9.11.